The summed E-state index contributed by atoms with van der Waals surface area (Å²) in [4.78, 5) is 0. The Kier molecular flexibility index (Phi) is 4.12. The summed E-state index contributed by atoms with van der Waals surface area (Å²) in [5.41, 5.74) is 3.23. The molecule has 0 saturated carbocycles. The number of rotatable bonds is 3. The molecule has 3 heteroatoms. The number of ether oxygens (including phenoxy) is 1. The number of methoxy groups -OCH3 is 1. The topological polar surface area (TPSA) is 41.5 Å². The minimum atomic E-state index is 0.341. The van der Waals surface area contributed by atoms with Crippen LogP contribution in [0.5, 0.6) is 11.5 Å². The van der Waals surface area contributed by atoms with Crippen molar-refractivity contribution in [2.24, 2.45) is 5.92 Å². The first kappa shape index (κ1) is 13.2. The van der Waals surface area contributed by atoms with E-state index < -0.39 is 0 Å². The van der Waals surface area contributed by atoms with Crippen LogP contribution in [0.2, 0.25) is 0 Å². The van der Waals surface area contributed by atoms with Crippen LogP contribution in [0.4, 0.5) is 0 Å². The molecule has 0 aliphatic carbocycles. The number of benzene rings is 1. The van der Waals surface area contributed by atoms with Crippen molar-refractivity contribution in [3.8, 4) is 11.5 Å². The van der Waals surface area contributed by atoms with Crippen LogP contribution in [-0.2, 0) is 6.42 Å². The number of phenols is 1. The van der Waals surface area contributed by atoms with E-state index in [1.165, 1.54) is 18.4 Å². The average molecular weight is 249 g/mol. The van der Waals surface area contributed by atoms with Crippen molar-refractivity contribution in [2.45, 2.75) is 33.1 Å². The molecule has 18 heavy (non-hydrogen) atoms. The van der Waals surface area contributed by atoms with Gasteiger partial charge in [0.05, 0.1) is 7.11 Å². The smallest absolute Gasteiger partial charge is 0.163 e. The highest BCUT2D eigenvalue weighted by Crippen LogP contribution is 2.37. The zero-order chi connectivity index (χ0) is 13.1. The van der Waals surface area contributed by atoms with Gasteiger partial charge in [0.25, 0.3) is 0 Å². The molecule has 0 unspecified atom stereocenters. The van der Waals surface area contributed by atoms with Gasteiger partial charge in [-0.25, -0.2) is 0 Å². The zero-order valence-electron chi connectivity index (χ0n) is 11.5. The summed E-state index contributed by atoms with van der Waals surface area (Å²) < 4.78 is 5.30. The van der Waals surface area contributed by atoms with Crippen LogP contribution in [-0.4, -0.2) is 25.3 Å². The lowest BCUT2D eigenvalue weighted by Crippen LogP contribution is -2.28. The first-order valence-electron chi connectivity index (χ1n) is 6.70. The molecule has 2 rings (SSSR count). The minimum Gasteiger partial charge on any atom is -0.504 e. The molecule has 0 aromatic heterocycles. The van der Waals surface area contributed by atoms with E-state index in [9.17, 15) is 5.11 Å². The van der Waals surface area contributed by atoms with Crippen LogP contribution in [0.1, 0.15) is 29.5 Å². The molecular formula is C15H23NO2. The third-order valence-corrected chi connectivity index (χ3v) is 3.92. The van der Waals surface area contributed by atoms with Crippen LogP contribution in [0, 0.1) is 19.8 Å². The normalized spacial score (nSPS) is 16.8. The first-order valence-corrected chi connectivity index (χ1v) is 6.70. The fraction of sp³-hybridized carbons (Fsp3) is 0.600. The molecule has 1 heterocycles. The summed E-state index contributed by atoms with van der Waals surface area (Å²) in [7, 11) is 1.62. The highest BCUT2D eigenvalue weighted by molar-refractivity contribution is 5.54. The molecular weight excluding hydrogens is 226 g/mol. The van der Waals surface area contributed by atoms with Crippen molar-refractivity contribution in [1.82, 2.24) is 5.32 Å². The molecule has 0 bridgehead atoms. The van der Waals surface area contributed by atoms with Gasteiger partial charge in [-0.05, 0) is 63.2 Å². The van der Waals surface area contributed by atoms with E-state index in [1.54, 1.807) is 7.11 Å². The molecule has 0 radical (unpaired) electrons. The Bertz CT molecular complexity index is 423. The second-order valence-electron chi connectivity index (χ2n) is 5.27. The molecule has 3 nitrogen and oxygen atoms in total. The largest absolute Gasteiger partial charge is 0.504 e. The van der Waals surface area contributed by atoms with Crippen LogP contribution >= 0.6 is 0 Å². The predicted molar refractivity (Wildman–Crippen MR) is 73.4 cm³/mol. The molecule has 1 aromatic carbocycles. The van der Waals surface area contributed by atoms with Gasteiger partial charge in [0.15, 0.2) is 11.5 Å². The number of aryl methyl sites for hydroxylation is 2. The number of aromatic hydroxyl groups is 1. The van der Waals surface area contributed by atoms with E-state index in [0.717, 1.165) is 30.6 Å². The lowest BCUT2D eigenvalue weighted by atomic mass is 9.88. The van der Waals surface area contributed by atoms with Gasteiger partial charge in [0.1, 0.15) is 0 Å². The van der Waals surface area contributed by atoms with E-state index in [0.29, 0.717) is 17.4 Å². The van der Waals surface area contributed by atoms with Crippen molar-refractivity contribution in [3.05, 3.63) is 22.8 Å². The summed E-state index contributed by atoms with van der Waals surface area (Å²) in [6, 6.07) is 2.11. The van der Waals surface area contributed by atoms with Crippen LogP contribution < -0.4 is 10.1 Å². The van der Waals surface area contributed by atoms with Crippen molar-refractivity contribution < 1.29 is 9.84 Å². The van der Waals surface area contributed by atoms with E-state index >= 15 is 0 Å². The standard InChI is InChI=1S/C15H23NO2/c1-10-8-11(2)15(18-3)14(17)13(10)9-12-4-6-16-7-5-12/h8,12,16-17H,4-7,9H2,1-3H3. The highest BCUT2D eigenvalue weighted by Gasteiger charge is 2.19. The monoisotopic (exact) mass is 249 g/mol. The second-order valence-corrected chi connectivity index (χ2v) is 5.27. The zero-order valence-corrected chi connectivity index (χ0v) is 11.5. The Hall–Kier alpha value is -1.22. The fourth-order valence-corrected chi connectivity index (χ4v) is 2.88. The van der Waals surface area contributed by atoms with E-state index in [4.69, 9.17) is 4.74 Å². The molecule has 0 amide bonds. The van der Waals surface area contributed by atoms with Gasteiger partial charge in [-0.15, -0.1) is 0 Å². The highest BCUT2D eigenvalue weighted by atomic mass is 16.5. The number of hydrogen-bond acceptors (Lipinski definition) is 3. The lowest BCUT2D eigenvalue weighted by Gasteiger charge is -2.24. The third-order valence-electron chi connectivity index (χ3n) is 3.92. The number of phenolic OH excluding ortho intramolecular Hbond substituents is 1. The SMILES string of the molecule is COc1c(C)cc(C)c(CC2CCNCC2)c1O. The maximum atomic E-state index is 10.3. The third kappa shape index (κ3) is 2.61. The molecule has 1 aliphatic rings. The molecule has 1 fully saturated rings. The van der Waals surface area contributed by atoms with Crippen molar-refractivity contribution >= 4 is 0 Å². The Morgan fingerprint density at radius 2 is 1.94 bits per heavy atom. The quantitative estimate of drug-likeness (QED) is 0.865. The van der Waals surface area contributed by atoms with Crippen LogP contribution in [0.15, 0.2) is 6.07 Å². The molecule has 0 spiro atoms. The van der Waals surface area contributed by atoms with Crippen molar-refractivity contribution in [1.29, 1.82) is 0 Å². The summed E-state index contributed by atoms with van der Waals surface area (Å²) in [5, 5.41) is 13.7. The van der Waals surface area contributed by atoms with Crippen LogP contribution in [0.25, 0.3) is 0 Å². The first-order chi connectivity index (χ1) is 8.63. The Morgan fingerprint density at radius 1 is 1.28 bits per heavy atom. The molecule has 1 aromatic rings. The second kappa shape index (κ2) is 5.61. The summed E-state index contributed by atoms with van der Waals surface area (Å²) >= 11 is 0. The molecule has 1 aliphatic heterocycles. The summed E-state index contributed by atoms with van der Waals surface area (Å²) in [6.45, 7) is 6.23. The van der Waals surface area contributed by atoms with Gasteiger partial charge >= 0.3 is 0 Å². The lowest BCUT2D eigenvalue weighted by molar-refractivity contribution is 0.350. The number of nitrogens with one attached hydrogen (secondary N) is 1. The molecule has 2 N–H and O–H groups in total. The van der Waals surface area contributed by atoms with Gasteiger partial charge in [0, 0.05) is 5.56 Å². The van der Waals surface area contributed by atoms with E-state index in [1.807, 2.05) is 6.92 Å². The van der Waals surface area contributed by atoms with Gasteiger partial charge in [-0.2, -0.15) is 0 Å². The van der Waals surface area contributed by atoms with Gasteiger partial charge in [-0.3, -0.25) is 0 Å². The Labute approximate surface area is 109 Å². The molecule has 0 atom stereocenters. The van der Waals surface area contributed by atoms with Gasteiger partial charge in [0.2, 0.25) is 0 Å². The van der Waals surface area contributed by atoms with Gasteiger partial charge in [-0.1, -0.05) is 6.07 Å². The number of hydrogen-bond donors (Lipinski definition) is 2. The summed E-state index contributed by atoms with van der Waals surface area (Å²) in [6.07, 6.45) is 3.33. The maximum absolute atomic E-state index is 10.3. The van der Waals surface area contributed by atoms with Crippen molar-refractivity contribution in [3.63, 3.8) is 0 Å². The summed E-state index contributed by atoms with van der Waals surface area (Å²) in [5.74, 6) is 1.64. The minimum absolute atomic E-state index is 0.341. The Morgan fingerprint density at radius 3 is 2.56 bits per heavy atom. The van der Waals surface area contributed by atoms with E-state index in [-0.39, 0.29) is 0 Å². The maximum Gasteiger partial charge on any atom is 0.163 e. The number of piperidine rings is 1. The molecule has 100 valence electrons. The van der Waals surface area contributed by atoms with Crippen molar-refractivity contribution in [2.75, 3.05) is 20.2 Å². The van der Waals surface area contributed by atoms with E-state index in [2.05, 4.69) is 18.3 Å². The molecule has 1 saturated heterocycles. The van der Waals surface area contributed by atoms with Gasteiger partial charge < -0.3 is 15.2 Å². The average Bonchev–Trinajstić information content (AvgIpc) is 2.36. The Balaban J connectivity index is 2.26. The van der Waals surface area contributed by atoms with Crippen LogP contribution in [0.3, 0.4) is 0 Å². The fourth-order valence-electron chi connectivity index (χ4n) is 2.88. The predicted octanol–water partition coefficient (Wildman–Crippen LogP) is 2.56.